The molecule has 0 amide bonds. The monoisotopic (exact) mass is 151 g/mol. The lowest BCUT2D eigenvalue weighted by molar-refractivity contribution is 0.652. The Kier molecular flexibility index (Phi) is 4.55. The van der Waals surface area contributed by atoms with Gasteiger partial charge in [0.25, 0.3) is 0 Å². The molecule has 1 N–H and O–H groups in total. The summed E-state index contributed by atoms with van der Waals surface area (Å²) < 4.78 is 0. The highest BCUT2D eigenvalue weighted by Gasteiger charge is 1.97. The summed E-state index contributed by atoms with van der Waals surface area (Å²) >= 11 is 0. The highest BCUT2D eigenvalue weighted by Crippen LogP contribution is 2.09. The molecule has 0 saturated carbocycles. The zero-order valence-corrected chi connectivity index (χ0v) is 6.46. The molecule has 11 heavy (non-hydrogen) atoms. The average molecular weight is 151 g/mol. The molecule has 0 radical (unpaired) electrons. The second-order valence-corrected chi connectivity index (χ2v) is 2.42. The van der Waals surface area contributed by atoms with E-state index in [1.807, 2.05) is 13.1 Å². The van der Waals surface area contributed by atoms with Crippen molar-refractivity contribution >= 4 is 0 Å². The van der Waals surface area contributed by atoms with Crippen molar-refractivity contribution in [3.05, 3.63) is 35.9 Å². The van der Waals surface area contributed by atoms with Crippen LogP contribution in [0.3, 0.4) is 0 Å². The summed E-state index contributed by atoms with van der Waals surface area (Å²) in [5.41, 5.74) is 1.34. The van der Waals surface area contributed by atoms with Gasteiger partial charge in [-0.1, -0.05) is 37.8 Å². The Morgan fingerprint density at radius 3 is 2.18 bits per heavy atom. The average Bonchev–Trinajstić information content (AvgIpc) is 2.05. The van der Waals surface area contributed by atoms with Crippen LogP contribution in [0.15, 0.2) is 30.3 Å². The van der Waals surface area contributed by atoms with Gasteiger partial charge in [-0.3, -0.25) is 0 Å². The molecule has 0 aliphatic rings. The Morgan fingerprint density at radius 1 is 1.18 bits per heavy atom. The maximum atomic E-state index is 3.18. The van der Waals surface area contributed by atoms with Gasteiger partial charge in [0.1, 0.15) is 0 Å². The highest BCUT2D eigenvalue weighted by molar-refractivity contribution is 5.17. The number of nitrogens with one attached hydrogen (secondary N) is 1. The summed E-state index contributed by atoms with van der Waals surface area (Å²) in [6.45, 7) is 2.15. The molecule has 1 nitrogen and oxygen atoms in total. The first-order valence-electron chi connectivity index (χ1n) is 3.57. The summed E-state index contributed by atoms with van der Waals surface area (Å²) in [6.07, 6.45) is 0. The second kappa shape index (κ2) is 4.91. The third-order valence-corrected chi connectivity index (χ3v) is 1.73. The van der Waals surface area contributed by atoms with Crippen LogP contribution < -0.4 is 5.32 Å². The van der Waals surface area contributed by atoms with Crippen LogP contribution in [0.25, 0.3) is 0 Å². The van der Waals surface area contributed by atoms with Crippen molar-refractivity contribution in [2.75, 3.05) is 7.05 Å². The van der Waals surface area contributed by atoms with Gasteiger partial charge in [-0.2, -0.15) is 0 Å². The quantitative estimate of drug-likeness (QED) is 0.685. The van der Waals surface area contributed by atoms with E-state index in [9.17, 15) is 0 Å². The Bertz CT molecular complexity index is 181. The van der Waals surface area contributed by atoms with Crippen LogP contribution in [0.5, 0.6) is 0 Å². The van der Waals surface area contributed by atoms with Crippen LogP contribution in [0, 0.1) is 0 Å². The maximum Gasteiger partial charge on any atom is 0.0289 e. The van der Waals surface area contributed by atoms with Crippen molar-refractivity contribution in [1.29, 1.82) is 0 Å². The van der Waals surface area contributed by atoms with Gasteiger partial charge in [-0.25, -0.2) is 0 Å². The van der Waals surface area contributed by atoms with Crippen molar-refractivity contribution in [3.8, 4) is 0 Å². The first-order chi connectivity index (χ1) is 4.84. The molecule has 0 unspecified atom stereocenters. The molecule has 1 atom stereocenters. The fourth-order valence-electron chi connectivity index (χ4n) is 0.908. The van der Waals surface area contributed by atoms with Crippen molar-refractivity contribution in [2.45, 2.75) is 20.4 Å². The van der Waals surface area contributed by atoms with E-state index < -0.39 is 0 Å². The van der Waals surface area contributed by atoms with Gasteiger partial charge in [0.15, 0.2) is 0 Å². The van der Waals surface area contributed by atoms with Crippen LogP contribution in [0.1, 0.15) is 26.0 Å². The van der Waals surface area contributed by atoms with Crippen LogP contribution in [-0.4, -0.2) is 7.05 Å². The molecule has 62 valence electrons. The van der Waals surface area contributed by atoms with E-state index in [0.29, 0.717) is 6.04 Å². The summed E-state index contributed by atoms with van der Waals surface area (Å²) in [7, 11) is 1.97. The first-order valence-corrected chi connectivity index (χ1v) is 3.57. The van der Waals surface area contributed by atoms with Gasteiger partial charge in [-0.05, 0) is 19.5 Å². The topological polar surface area (TPSA) is 12.0 Å². The van der Waals surface area contributed by atoms with Gasteiger partial charge in [0, 0.05) is 6.04 Å². The number of hydrogen-bond donors (Lipinski definition) is 1. The Hall–Kier alpha value is -0.820. The molecule has 0 aliphatic carbocycles. The number of hydrogen-bond acceptors (Lipinski definition) is 1. The van der Waals surface area contributed by atoms with E-state index in [0.717, 1.165) is 0 Å². The third-order valence-electron chi connectivity index (χ3n) is 1.73. The van der Waals surface area contributed by atoms with E-state index in [-0.39, 0.29) is 7.43 Å². The number of rotatable bonds is 2. The Labute approximate surface area is 69.4 Å². The summed E-state index contributed by atoms with van der Waals surface area (Å²) in [5, 5.41) is 3.18. The van der Waals surface area contributed by atoms with Crippen LogP contribution >= 0.6 is 0 Å². The molecule has 0 spiro atoms. The lowest BCUT2D eigenvalue weighted by Crippen LogP contribution is -2.11. The molecule has 1 rings (SSSR count). The largest absolute Gasteiger partial charge is 0.313 e. The summed E-state index contributed by atoms with van der Waals surface area (Å²) in [4.78, 5) is 0. The third kappa shape index (κ3) is 2.72. The minimum absolute atomic E-state index is 0. The lowest BCUT2D eigenvalue weighted by atomic mass is 10.1. The molecule has 0 bridgehead atoms. The van der Waals surface area contributed by atoms with Gasteiger partial charge < -0.3 is 5.32 Å². The minimum atomic E-state index is 0. The SMILES string of the molecule is C.CN[C@H](C)c1ccccc1. The van der Waals surface area contributed by atoms with E-state index in [2.05, 4.69) is 36.5 Å². The smallest absolute Gasteiger partial charge is 0.0289 e. The fraction of sp³-hybridized carbons (Fsp3) is 0.400. The van der Waals surface area contributed by atoms with Crippen LogP contribution in [0.2, 0.25) is 0 Å². The van der Waals surface area contributed by atoms with Crippen LogP contribution in [-0.2, 0) is 0 Å². The Morgan fingerprint density at radius 2 is 1.73 bits per heavy atom. The maximum absolute atomic E-state index is 3.18. The van der Waals surface area contributed by atoms with Gasteiger partial charge in [-0.15, -0.1) is 0 Å². The van der Waals surface area contributed by atoms with Crippen molar-refractivity contribution in [1.82, 2.24) is 5.32 Å². The molecular formula is C10H17N. The molecule has 1 heteroatoms. The first kappa shape index (κ1) is 10.2. The van der Waals surface area contributed by atoms with Crippen molar-refractivity contribution < 1.29 is 0 Å². The normalized spacial score (nSPS) is 11.8. The van der Waals surface area contributed by atoms with E-state index in [1.165, 1.54) is 5.56 Å². The predicted molar refractivity (Wildman–Crippen MR) is 50.6 cm³/mol. The van der Waals surface area contributed by atoms with Gasteiger partial charge in [0.2, 0.25) is 0 Å². The van der Waals surface area contributed by atoms with E-state index >= 15 is 0 Å². The van der Waals surface area contributed by atoms with E-state index in [1.54, 1.807) is 0 Å². The molecule has 1 aromatic carbocycles. The molecule has 0 aliphatic heterocycles. The molecule has 0 aromatic heterocycles. The zero-order chi connectivity index (χ0) is 7.40. The molecule has 1 aromatic rings. The summed E-state index contributed by atoms with van der Waals surface area (Å²) in [5.74, 6) is 0. The molecule has 0 saturated heterocycles. The minimum Gasteiger partial charge on any atom is -0.313 e. The van der Waals surface area contributed by atoms with E-state index in [4.69, 9.17) is 0 Å². The van der Waals surface area contributed by atoms with Crippen LogP contribution in [0.4, 0.5) is 0 Å². The second-order valence-electron chi connectivity index (χ2n) is 2.42. The summed E-state index contributed by atoms with van der Waals surface area (Å²) in [6, 6.07) is 10.9. The fourth-order valence-corrected chi connectivity index (χ4v) is 0.908. The Balaban J connectivity index is 0.000001000. The lowest BCUT2D eigenvalue weighted by Gasteiger charge is -2.08. The standard InChI is InChI=1S/C9H13N.CH4/c1-8(10-2)9-6-4-3-5-7-9;/h3-8,10H,1-2H3;1H4/t8-;/m1./s1. The van der Waals surface area contributed by atoms with Gasteiger partial charge in [0.05, 0.1) is 0 Å². The number of benzene rings is 1. The molecular weight excluding hydrogens is 134 g/mol. The predicted octanol–water partition coefficient (Wildman–Crippen LogP) is 2.60. The molecule has 0 heterocycles. The zero-order valence-electron chi connectivity index (χ0n) is 6.46. The van der Waals surface area contributed by atoms with Crippen molar-refractivity contribution in [3.63, 3.8) is 0 Å². The molecule has 0 fully saturated rings. The van der Waals surface area contributed by atoms with Crippen molar-refractivity contribution in [2.24, 2.45) is 0 Å². The highest BCUT2D eigenvalue weighted by atomic mass is 14.8. The van der Waals surface area contributed by atoms with Gasteiger partial charge >= 0.3 is 0 Å².